The van der Waals surface area contributed by atoms with Crippen LogP contribution in [-0.4, -0.2) is 26.2 Å². The summed E-state index contributed by atoms with van der Waals surface area (Å²) in [4.78, 5) is 12.3. The minimum absolute atomic E-state index is 0.121. The number of rotatable bonds is 4. The van der Waals surface area contributed by atoms with Crippen LogP contribution in [0.3, 0.4) is 0 Å². The van der Waals surface area contributed by atoms with Gasteiger partial charge in [0.05, 0.1) is 30.0 Å². The Kier molecular flexibility index (Phi) is 3.78. The number of anilines is 1. The van der Waals surface area contributed by atoms with Crippen LogP contribution in [-0.2, 0) is 6.54 Å². The molecule has 22 heavy (non-hydrogen) atoms. The third-order valence-corrected chi connectivity index (χ3v) is 3.20. The van der Waals surface area contributed by atoms with Gasteiger partial charge < -0.3 is 10.3 Å². The third kappa shape index (κ3) is 2.65. The predicted molar refractivity (Wildman–Crippen MR) is 79.0 cm³/mol. The van der Waals surface area contributed by atoms with Crippen molar-refractivity contribution in [3.63, 3.8) is 0 Å². The summed E-state index contributed by atoms with van der Waals surface area (Å²) >= 11 is 0. The van der Waals surface area contributed by atoms with Gasteiger partial charge in [0.2, 0.25) is 5.95 Å². The SMILES string of the molecule is Nc1nccc(-c2c(-c3ccc(F)cc3)ncn2CCF)n1. The quantitative estimate of drug-likeness (QED) is 0.804. The van der Waals surface area contributed by atoms with Crippen LogP contribution in [0.25, 0.3) is 22.6 Å². The monoisotopic (exact) mass is 301 g/mol. The summed E-state index contributed by atoms with van der Waals surface area (Å²) in [7, 11) is 0. The van der Waals surface area contributed by atoms with Gasteiger partial charge in [-0.05, 0) is 30.3 Å². The number of hydrogen-bond donors (Lipinski definition) is 1. The normalized spacial score (nSPS) is 10.8. The third-order valence-electron chi connectivity index (χ3n) is 3.20. The van der Waals surface area contributed by atoms with Gasteiger partial charge in [-0.3, -0.25) is 0 Å². The number of hydrogen-bond acceptors (Lipinski definition) is 4. The molecule has 2 N–H and O–H groups in total. The summed E-state index contributed by atoms with van der Waals surface area (Å²) in [6, 6.07) is 7.61. The second kappa shape index (κ2) is 5.88. The molecule has 2 heterocycles. The van der Waals surface area contributed by atoms with Gasteiger partial charge in [0.25, 0.3) is 0 Å². The number of alkyl halides is 1. The Morgan fingerprint density at radius 2 is 1.86 bits per heavy atom. The maximum atomic E-state index is 13.1. The second-order valence-corrected chi connectivity index (χ2v) is 4.63. The molecule has 0 bridgehead atoms. The van der Waals surface area contributed by atoms with E-state index >= 15 is 0 Å². The average molecular weight is 301 g/mol. The van der Waals surface area contributed by atoms with E-state index in [0.29, 0.717) is 22.6 Å². The second-order valence-electron chi connectivity index (χ2n) is 4.63. The number of nitrogens with zero attached hydrogens (tertiary/aromatic N) is 4. The Morgan fingerprint density at radius 1 is 1.09 bits per heavy atom. The van der Waals surface area contributed by atoms with E-state index < -0.39 is 6.67 Å². The van der Waals surface area contributed by atoms with E-state index in [1.807, 2.05) is 0 Å². The Balaban J connectivity index is 2.17. The molecule has 3 rings (SSSR count). The summed E-state index contributed by atoms with van der Waals surface area (Å²) in [6.45, 7) is -0.389. The van der Waals surface area contributed by atoms with Crippen molar-refractivity contribution in [2.75, 3.05) is 12.4 Å². The lowest BCUT2D eigenvalue weighted by Crippen LogP contribution is -2.03. The number of aryl methyl sites for hydroxylation is 1. The van der Waals surface area contributed by atoms with Crippen LogP contribution < -0.4 is 5.73 Å². The van der Waals surface area contributed by atoms with E-state index in [1.54, 1.807) is 22.8 Å². The van der Waals surface area contributed by atoms with E-state index in [1.165, 1.54) is 24.7 Å². The summed E-state index contributed by atoms with van der Waals surface area (Å²) in [5.74, 6) is -0.213. The van der Waals surface area contributed by atoms with Crippen molar-refractivity contribution in [1.29, 1.82) is 0 Å². The highest BCUT2D eigenvalue weighted by molar-refractivity contribution is 5.77. The molecular formula is C15H13F2N5. The van der Waals surface area contributed by atoms with Crippen molar-refractivity contribution in [2.24, 2.45) is 0 Å². The van der Waals surface area contributed by atoms with Crippen LogP contribution in [0.5, 0.6) is 0 Å². The lowest BCUT2D eigenvalue weighted by Gasteiger charge is -2.08. The van der Waals surface area contributed by atoms with Crippen molar-refractivity contribution in [3.8, 4) is 22.6 Å². The van der Waals surface area contributed by atoms with E-state index in [4.69, 9.17) is 5.73 Å². The standard InChI is InChI=1S/C15H13F2N5/c16-6-8-22-9-20-13(10-1-3-11(17)4-2-10)14(22)12-5-7-19-15(18)21-12/h1-5,7,9H,6,8H2,(H2,18,19,21). The van der Waals surface area contributed by atoms with Gasteiger partial charge in [0.15, 0.2) is 0 Å². The molecule has 1 aromatic carbocycles. The van der Waals surface area contributed by atoms with Crippen molar-refractivity contribution in [2.45, 2.75) is 6.54 Å². The molecule has 0 aliphatic rings. The zero-order chi connectivity index (χ0) is 15.5. The first-order valence-electron chi connectivity index (χ1n) is 6.65. The number of benzene rings is 1. The molecule has 0 fully saturated rings. The average Bonchev–Trinajstić information content (AvgIpc) is 2.92. The number of nitrogen functional groups attached to an aromatic ring is 1. The van der Waals surface area contributed by atoms with Gasteiger partial charge in [-0.15, -0.1) is 0 Å². The molecule has 0 unspecified atom stereocenters. The molecule has 0 amide bonds. The van der Waals surface area contributed by atoms with Gasteiger partial charge in [0, 0.05) is 11.8 Å². The fraction of sp³-hybridized carbons (Fsp3) is 0.133. The molecule has 2 aromatic heterocycles. The van der Waals surface area contributed by atoms with Crippen LogP contribution in [0.2, 0.25) is 0 Å². The zero-order valence-corrected chi connectivity index (χ0v) is 11.6. The highest BCUT2D eigenvalue weighted by Gasteiger charge is 2.16. The first-order valence-corrected chi connectivity index (χ1v) is 6.65. The largest absolute Gasteiger partial charge is 0.368 e. The zero-order valence-electron chi connectivity index (χ0n) is 11.6. The van der Waals surface area contributed by atoms with Gasteiger partial charge >= 0.3 is 0 Å². The molecule has 0 saturated heterocycles. The fourth-order valence-electron chi connectivity index (χ4n) is 2.24. The number of aromatic nitrogens is 4. The summed E-state index contributed by atoms with van der Waals surface area (Å²) in [5, 5.41) is 0. The van der Waals surface area contributed by atoms with Crippen molar-refractivity contribution < 1.29 is 8.78 Å². The van der Waals surface area contributed by atoms with Gasteiger partial charge in [0.1, 0.15) is 12.5 Å². The van der Waals surface area contributed by atoms with Crippen LogP contribution in [0.4, 0.5) is 14.7 Å². The molecule has 0 saturated carbocycles. The van der Waals surface area contributed by atoms with Gasteiger partial charge in [-0.2, -0.15) is 0 Å². The molecule has 3 aromatic rings. The lowest BCUT2D eigenvalue weighted by molar-refractivity contribution is 0.447. The Bertz CT molecular complexity index is 783. The van der Waals surface area contributed by atoms with Crippen molar-refractivity contribution in [1.82, 2.24) is 19.5 Å². The number of imidazole rings is 1. The highest BCUT2D eigenvalue weighted by atomic mass is 19.1. The van der Waals surface area contributed by atoms with Crippen LogP contribution in [0.1, 0.15) is 0 Å². The fourth-order valence-corrected chi connectivity index (χ4v) is 2.24. The van der Waals surface area contributed by atoms with Crippen LogP contribution in [0.15, 0.2) is 42.9 Å². The molecule has 5 nitrogen and oxygen atoms in total. The molecule has 0 atom stereocenters. The van der Waals surface area contributed by atoms with E-state index in [9.17, 15) is 8.78 Å². The Hall–Kier alpha value is -2.83. The molecular weight excluding hydrogens is 288 g/mol. The maximum Gasteiger partial charge on any atom is 0.220 e. The lowest BCUT2D eigenvalue weighted by atomic mass is 10.1. The molecule has 7 heteroatoms. The molecule has 0 aliphatic carbocycles. The molecule has 0 radical (unpaired) electrons. The topological polar surface area (TPSA) is 69.6 Å². The van der Waals surface area contributed by atoms with E-state index in [-0.39, 0.29) is 18.3 Å². The van der Waals surface area contributed by atoms with Crippen molar-refractivity contribution >= 4 is 5.95 Å². The van der Waals surface area contributed by atoms with Crippen LogP contribution in [0, 0.1) is 5.82 Å². The van der Waals surface area contributed by atoms with Gasteiger partial charge in [-0.1, -0.05) is 0 Å². The number of nitrogens with two attached hydrogens (primary N) is 1. The highest BCUT2D eigenvalue weighted by Crippen LogP contribution is 2.30. The van der Waals surface area contributed by atoms with E-state index in [0.717, 1.165) is 0 Å². The minimum Gasteiger partial charge on any atom is -0.368 e. The predicted octanol–water partition coefficient (Wildman–Crippen LogP) is 2.70. The summed E-state index contributed by atoms with van der Waals surface area (Å²) in [5.41, 5.74) is 8.09. The smallest absolute Gasteiger partial charge is 0.220 e. The summed E-state index contributed by atoms with van der Waals surface area (Å²) in [6.07, 6.45) is 3.06. The van der Waals surface area contributed by atoms with Gasteiger partial charge in [-0.25, -0.2) is 23.7 Å². The van der Waals surface area contributed by atoms with Crippen LogP contribution >= 0.6 is 0 Å². The molecule has 0 spiro atoms. The first kappa shape index (κ1) is 14.1. The Labute approximate surface area is 125 Å². The summed E-state index contributed by atoms with van der Waals surface area (Å²) < 4.78 is 27.5. The molecule has 0 aliphatic heterocycles. The van der Waals surface area contributed by atoms with Crippen molar-refractivity contribution in [3.05, 3.63) is 48.7 Å². The first-order chi connectivity index (χ1) is 10.7. The molecule has 112 valence electrons. The maximum absolute atomic E-state index is 13.1. The minimum atomic E-state index is -0.535. The number of halogens is 2. The van der Waals surface area contributed by atoms with E-state index in [2.05, 4.69) is 15.0 Å². The Morgan fingerprint density at radius 3 is 2.55 bits per heavy atom.